The Hall–Kier alpha value is -0.800. The Morgan fingerprint density at radius 1 is 1.17 bits per heavy atom. The van der Waals surface area contributed by atoms with Crippen LogP contribution in [0.3, 0.4) is 0 Å². The van der Waals surface area contributed by atoms with E-state index in [9.17, 15) is 10.2 Å². The molecule has 0 saturated heterocycles. The van der Waals surface area contributed by atoms with Gasteiger partial charge < -0.3 is 14.6 Å². The van der Waals surface area contributed by atoms with Crippen LogP contribution in [-0.2, 0) is 6.42 Å². The van der Waals surface area contributed by atoms with Gasteiger partial charge in [-0.3, -0.25) is 0 Å². The van der Waals surface area contributed by atoms with Crippen molar-refractivity contribution < 1.29 is 14.6 Å². The molecule has 5 atom stereocenters. The van der Waals surface area contributed by atoms with Gasteiger partial charge in [0, 0.05) is 0 Å². The lowest BCUT2D eigenvalue weighted by molar-refractivity contribution is -0.195. The Labute approximate surface area is 140 Å². The van der Waals surface area contributed by atoms with E-state index in [2.05, 4.69) is 20.8 Å². The molecular weight excluding hydrogens is 288 g/mol. The molecule has 2 saturated carbocycles. The molecule has 3 nitrogen and oxygen atoms in total. The third kappa shape index (κ3) is 2.76. The number of aliphatic hydroxyl groups is 2. The molecule has 2 aliphatic rings. The summed E-state index contributed by atoms with van der Waals surface area (Å²) in [5, 5.41) is 21.6. The SMILES string of the molecule is CC1(C)[C@H](O)CC[C@]2(C)[C@@H]1CC[C@](C)(O)[C@H]2CCc1ccoc1. The molecule has 130 valence electrons. The van der Waals surface area contributed by atoms with Gasteiger partial charge in [-0.1, -0.05) is 20.8 Å². The van der Waals surface area contributed by atoms with E-state index in [0.717, 1.165) is 38.5 Å². The molecule has 2 aliphatic carbocycles. The van der Waals surface area contributed by atoms with E-state index >= 15 is 0 Å². The second-order valence-electron chi connectivity index (χ2n) is 9.05. The number of aliphatic hydroxyl groups excluding tert-OH is 1. The van der Waals surface area contributed by atoms with E-state index in [1.54, 1.807) is 6.26 Å². The quantitative estimate of drug-likeness (QED) is 0.878. The molecule has 0 aliphatic heterocycles. The second-order valence-corrected chi connectivity index (χ2v) is 9.05. The number of hydrogen-bond acceptors (Lipinski definition) is 3. The molecule has 2 N–H and O–H groups in total. The summed E-state index contributed by atoms with van der Waals surface area (Å²) in [4.78, 5) is 0. The Morgan fingerprint density at radius 3 is 2.57 bits per heavy atom. The predicted octanol–water partition coefficient (Wildman–Crippen LogP) is 4.18. The zero-order valence-electron chi connectivity index (χ0n) is 15.0. The van der Waals surface area contributed by atoms with E-state index in [1.165, 1.54) is 5.56 Å². The first-order chi connectivity index (χ1) is 10.7. The van der Waals surface area contributed by atoms with Gasteiger partial charge in [0.2, 0.25) is 0 Å². The zero-order chi connectivity index (χ0) is 16.9. The van der Waals surface area contributed by atoms with Crippen LogP contribution in [-0.4, -0.2) is 21.9 Å². The van der Waals surface area contributed by atoms with Gasteiger partial charge in [-0.05, 0) is 79.7 Å². The second kappa shape index (κ2) is 5.63. The summed E-state index contributed by atoms with van der Waals surface area (Å²) in [6.07, 6.45) is 8.93. The van der Waals surface area contributed by atoms with Crippen molar-refractivity contribution in [2.24, 2.45) is 22.7 Å². The first-order valence-electron chi connectivity index (χ1n) is 9.09. The fourth-order valence-electron chi connectivity index (χ4n) is 5.90. The summed E-state index contributed by atoms with van der Waals surface area (Å²) in [7, 11) is 0. The highest BCUT2D eigenvalue weighted by atomic mass is 16.3. The Balaban J connectivity index is 1.87. The maximum atomic E-state index is 11.1. The van der Waals surface area contributed by atoms with Crippen LogP contribution in [0.15, 0.2) is 23.0 Å². The van der Waals surface area contributed by atoms with Crippen LogP contribution >= 0.6 is 0 Å². The van der Waals surface area contributed by atoms with E-state index < -0.39 is 5.60 Å². The predicted molar refractivity (Wildman–Crippen MR) is 91.0 cm³/mol. The van der Waals surface area contributed by atoms with Crippen molar-refractivity contribution in [1.29, 1.82) is 0 Å². The summed E-state index contributed by atoms with van der Waals surface area (Å²) >= 11 is 0. The summed E-state index contributed by atoms with van der Waals surface area (Å²) < 4.78 is 5.19. The lowest BCUT2D eigenvalue weighted by Gasteiger charge is -2.62. The Bertz CT molecular complexity index is 531. The zero-order valence-corrected chi connectivity index (χ0v) is 15.0. The molecule has 0 spiro atoms. The van der Waals surface area contributed by atoms with E-state index in [4.69, 9.17) is 4.42 Å². The molecule has 1 heterocycles. The largest absolute Gasteiger partial charge is 0.472 e. The normalized spacial score (nSPS) is 43.1. The average molecular weight is 320 g/mol. The van der Waals surface area contributed by atoms with Gasteiger partial charge >= 0.3 is 0 Å². The standard InChI is InChI=1S/C20H32O3/c1-18(2)15-7-11-20(4,22)16(6-5-14-9-12-23-13-14)19(15,3)10-8-17(18)21/h9,12-13,15-17,21-22H,5-8,10-11H2,1-4H3/t15-,16+,17-,19-,20+/m1/s1. The Morgan fingerprint density at radius 2 is 1.91 bits per heavy atom. The summed E-state index contributed by atoms with van der Waals surface area (Å²) in [5.74, 6) is 0.726. The molecule has 1 aromatic rings. The van der Waals surface area contributed by atoms with Crippen molar-refractivity contribution in [3.05, 3.63) is 24.2 Å². The van der Waals surface area contributed by atoms with Gasteiger partial charge in [-0.25, -0.2) is 0 Å². The molecular formula is C20H32O3. The van der Waals surface area contributed by atoms with Gasteiger partial charge in [-0.15, -0.1) is 0 Å². The van der Waals surface area contributed by atoms with E-state index in [0.29, 0.717) is 5.92 Å². The number of fused-ring (bicyclic) bond motifs is 1. The van der Waals surface area contributed by atoms with Crippen molar-refractivity contribution in [1.82, 2.24) is 0 Å². The Kier molecular flexibility index (Phi) is 4.17. The van der Waals surface area contributed by atoms with Crippen molar-refractivity contribution in [3.8, 4) is 0 Å². The number of hydrogen-bond donors (Lipinski definition) is 2. The summed E-state index contributed by atoms with van der Waals surface area (Å²) in [6, 6.07) is 2.02. The highest BCUT2D eigenvalue weighted by Crippen LogP contribution is 2.62. The lowest BCUT2D eigenvalue weighted by Crippen LogP contribution is -2.60. The number of rotatable bonds is 3. The first-order valence-corrected chi connectivity index (χ1v) is 9.09. The number of furan rings is 1. The first kappa shape index (κ1) is 17.0. The average Bonchev–Trinajstić information content (AvgIpc) is 2.95. The van der Waals surface area contributed by atoms with E-state index in [1.807, 2.05) is 19.3 Å². The summed E-state index contributed by atoms with van der Waals surface area (Å²) in [5.41, 5.74) is 0.612. The molecule has 2 fully saturated rings. The molecule has 0 radical (unpaired) electrons. The topological polar surface area (TPSA) is 53.6 Å². The van der Waals surface area contributed by atoms with Crippen molar-refractivity contribution in [2.45, 2.75) is 77.9 Å². The van der Waals surface area contributed by atoms with Crippen LogP contribution in [0.4, 0.5) is 0 Å². The molecule has 3 rings (SSSR count). The van der Waals surface area contributed by atoms with Crippen LogP contribution in [0.25, 0.3) is 0 Å². The smallest absolute Gasteiger partial charge is 0.0934 e. The lowest BCUT2D eigenvalue weighted by atomic mass is 9.44. The molecule has 0 bridgehead atoms. The van der Waals surface area contributed by atoms with Gasteiger partial charge in [0.15, 0.2) is 0 Å². The molecule has 0 amide bonds. The van der Waals surface area contributed by atoms with Crippen molar-refractivity contribution >= 4 is 0 Å². The molecule has 0 aromatic carbocycles. The van der Waals surface area contributed by atoms with E-state index in [-0.39, 0.29) is 22.9 Å². The van der Waals surface area contributed by atoms with Gasteiger partial charge in [-0.2, -0.15) is 0 Å². The van der Waals surface area contributed by atoms with Crippen LogP contribution in [0, 0.1) is 22.7 Å². The fraction of sp³-hybridized carbons (Fsp3) is 0.800. The van der Waals surface area contributed by atoms with Crippen molar-refractivity contribution in [2.75, 3.05) is 0 Å². The van der Waals surface area contributed by atoms with Crippen molar-refractivity contribution in [3.63, 3.8) is 0 Å². The maximum Gasteiger partial charge on any atom is 0.0934 e. The minimum absolute atomic E-state index is 0.0720. The molecule has 1 aromatic heterocycles. The molecule has 3 heteroatoms. The van der Waals surface area contributed by atoms with Gasteiger partial charge in [0.05, 0.1) is 24.2 Å². The fourth-order valence-corrected chi connectivity index (χ4v) is 5.90. The highest BCUT2D eigenvalue weighted by molar-refractivity contribution is 5.11. The molecule has 23 heavy (non-hydrogen) atoms. The summed E-state index contributed by atoms with van der Waals surface area (Å²) in [6.45, 7) is 8.81. The van der Waals surface area contributed by atoms with Crippen LogP contribution in [0.5, 0.6) is 0 Å². The van der Waals surface area contributed by atoms with Crippen LogP contribution in [0.2, 0.25) is 0 Å². The third-order valence-electron chi connectivity index (χ3n) is 7.30. The third-order valence-corrected chi connectivity index (χ3v) is 7.30. The maximum absolute atomic E-state index is 11.1. The monoisotopic (exact) mass is 320 g/mol. The molecule has 0 unspecified atom stereocenters. The van der Waals surface area contributed by atoms with Gasteiger partial charge in [0.1, 0.15) is 0 Å². The minimum Gasteiger partial charge on any atom is -0.472 e. The van der Waals surface area contributed by atoms with Gasteiger partial charge in [0.25, 0.3) is 0 Å². The number of aryl methyl sites for hydroxylation is 1. The minimum atomic E-state index is -0.618. The van der Waals surface area contributed by atoms with Crippen LogP contribution < -0.4 is 0 Å². The van der Waals surface area contributed by atoms with Crippen LogP contribution in [0.1, 0.15) is 65.4 Å². The highest BCUT2D eigenvalue weighted by Gasteiger charge is 2.59.